The van der Waals surface area contributed by atoms with Crippen LogP contribution in [-0.4, -0.2) is 12.4 Å². The Balaban J connectivity index is 2.26. The molecule has 0 atom stereocenters. The Morgan fingerprint density at radius 2 is 1.83 bits per heavy atom. The fourth-order valence-corrected chi connectivity index (χ4v) is 4.53. The molecule has 0 aliphatic carbocycles. The standard InChI is InChI=1S/C17H13BrN2O2S/c1-12-2-5-14(6-3-12)23(21,22)20-11-9-15-13(8-10-19)4-7-16(18)17(15)20/h2-7,9,11H,8H2,1H3. The Bertz CT molecular complexity index is 1030. The molecule has 0 spiro atoms. The van der Waals surface area contributed by atoms with Gasteiger partial charge in [0.25, 0.3) is 10.0 Å². The summed E-state index contributed by atoms with van der Waals surface area (Å²) in [6.07, 6.45) is 1.77. The van der Waals surface area contributed by atoms with Crippen molar-refractivity contribution in [1.29, 1.82) is 5.26 Å². The highest BCUT2D eigenvalue weighted by molar-refractivity contribution is 9.10. The van der Waals surface area contributed by atoms with Gasteiger partial charge in [0, 0.05) is 16.1 Å². The summed E-state index contributed by atoms with van der Waals surface area (Å²) in [5, 5.41) is 9.69. The molecular weight excluding hydrogens is 376 g/mol. The van der Waals surface area contributed by atoms with Gasteiger partial charge in [0.05, 0.1) is 22.9 Å². The molecule has 3 rings (SSSR count). The molecule has 0 saturated heterocycles. The molecule has 4 nitrogen and oxygen atoms in total. The predicted octanol–water partition coefficient (Wildman–Crippen LogP) is 4.02. The van der Waals surface area contributed by atoms with Gasteiger partial charge in [0.1, 0.15) is 0 Å². The number of nitrogens with zero attached hydrogens (tertiary/aromatic N) is 2. The molecule has 0 N–H and O–H groups in total. The van der Waals surface area contributed by atoms with Gasteiger partial charge >= 0.3 is 0 Å². The fraction of sp³-hybridized carbons (Fsp3) is 0.118. The number of halogens is 1. The minimum atomic E-state index is -3.69. The molecule has 6 heteroatoms. The van der Waals surface area contributed by atoms with Gasteiger partial charge < -0.3 is 0 Å². The third-order valence-corrected chi connectivity index (χ3v) is 6.03. The molecule has 2 aromatic carbocycles. The van der Waals surface area contributed by atoms with Gasteiger partial charge in [-0.15, -0.1) is 0 Å². The molecule has 0 aliphatic rings. The quantitative estimate of drug-likeness (QED) is 0.680. The summed E-state index contributed by atoms with van der Waals surface area (Å²) in [5.41, 5.74) is 2.36. The van der Waals surface area contributed by atoms with Crippen molar-refractivity contribution >= 4 is 36.9 Å². The van der Waals surface area contributed by atoms with Crippen molar-refractivity contribution in [1.82, 2.24) is 3.97 Å². The van der Waals surface area contributed by atoms with Crippen LogP contribution in [0.2, 0.25) is 0 Å². The zero-order valence-corrected chi connectivity index (χ0v) is 14.7. The number of hydrogen-bond acceptors (Lipinski definition) is 3. The lowest BCUT2D eigenvalue weighted by Gasteiger charge is -2.10. The van der Waals surface area contributed by atoms with Crippen LogP contribution in [0.5, 0.6) is 0 Å². The van der Waals surface area contributed by atoms with Gasteiger partial charge in [-0.2, -0.15) is 5.26 Å². The van der Waals surface area contributed by atoms with E-state index in [1.54, 1.807) is 36.4 Å². The van der Waals surface area contributed by atoms with Crippen molar-refractivity contribution in [3.63, 3.8) is 0 Å². The molecule has 0 saturated carbocycles. The van der Waals surface area contributed by atoms with Crippen molar-refractivity contribution in [2.75, 3.05) is 0 Å². The zero-order valence-electron chi connectivity index (χ0n) is 12.3. The monoisotopic (exact) mass is 388 g/mol. The maximum Gasteiger partial charge on any atom is 0.268 e. The Morgan fingerprint density at radius 3 is 2.48 bits per heavy atom. The van der Waals surface area contributed by atoms with Gasteiger partial charge in [-0.25, -0.2) is 12.4 Å². The molecular formula is C17H13BrN2O2S. The Kier molecular flexibility index (Phi) is 4.00. The van der Waals surface area contributed by atoms with Crippen LogP contribution in [0.4, 0.5) is 0 Å². The van der Waals surface area contributed by atoms with Crippen LogP contribution < -0.4 is 0 Å². The SMILES string of the molecule is Cc1ccc(S(=O)(=O)n2ccc3c(CC#N)ccc(Br)c32)cc1. The molecule has 23 heavy (non-hydrogen) atoms. The summed E-state index contributed by atoms with van der Waals surface area (Å²) in [5.74, 6) is 0. The number of aryl methyl sites for hydroxylation is 1. The van der Waals surface area contributed by atoms with E-state index < -0.39 is 10.0 Å². The number of benzene rings is 2. The Morgan fingerprint density at radius 1 is 1.13 bits per heavy atom. The fourth-order valence-electron chi connectivity index (χ4n) is 2.51. The molecule has 1 heterocycles. The van der Waals surface area contributed by atoms with Crippen LogP contribution in [0.15, 0.2) is 58.0 Å². The third-order valence-electron chi connectivity index (χ3n) is 3.70. The lowest BCUT2D eigenvalue weighted by atomic mass is 10.1. The van der Waals surface area contributed by atoms with Crippen molar-refractivity contribution < 1.29 is 8.42 Å². The first kappa shape index (κ1) is 15.8. The third kappa shape index (κ3) is 2.67. The molecule has 0 unspecified atom stereocenters. The lowest BCUT2D eigenvalue weighted by Crippen LogP contribution is -2.12. The van der Waals surface area contributed by atoms with Crippen LogP contribution in [0, 0.1) is 18.3 Å². The summed E-state index contributed by atoms with van der Waals surface area (Å²) in [7, 11) is -3.69. The van der Waals surface area contributed by atoms with E-state index in [1.807, 2.05) is 13.0 Å². The molecule has 0 fully saturated rings. The van der Waals surface area contributed by atoms with Gasteiger partial charge in [-0.05, 0) is 52.7 Å². The van der Waals surface area contributed by atoms with Crippen LogP contribution in [-0.2, 0) is 16.4 Å². The molecule has 116 valence electrons. The van der Waals surface area contributed by atoms with Crippen LogP contribution in [0.3, 0.4) is 0 Å². The van der Waals surface area contributed by atoms with Gasteiger partial charge in [0.15, 0.2) is 0 Å². The van der Waals surface area contributed by atoms with E-state index in [2.05, 4.69) is 22.0 Å². The molecule has 0 aliphatic heterocycles. The van der Waals surface area contributed by atoms with E-state index >= 15 is 0 Å². The van der Waals surface area contributed by atoms with Crippen LogP contribution in [0.25, 0.3) is 10.9 Å². The van der Waals surface area contributed by atoms with E-state index in [9.17, 15) is 8.42 Å². The number of rotatable bonds is 3. The highest BCUT2D eigenvalue weighted by Gasteiger charge is 2.21. The second-order valence-corrected chi connectivity index (χ2v) is 7.90. The average molecular weight is 389 g/mol. The molecule has 0 bridgehead atoms. The highest BCUT2D eigenvalue weighted by atomic mass is 79.9. The number of fused-ring (bicyclic) bond motifs is 1. The summed E-state index contributed by atoms with van der Waals surface area (Å²) in [4.78, 5) is 0.234. The first-order valence-corrected chi connectivity index (χ1v) is 9.16. The van der Waals surface area contributed by atoms with Gasteiger partial charge in [-0.1, -0.05) is 23.8 Å². The Labute approximate surface area is 143 Å². The minimum absolute atomic E-state index is 0.234. The molecule has 3 aromatic rings. The zero-order chi connectivity index (χ0) is 16.6. The molecule has 0 radical (unpaired) electrons. The second kappa shape index (κ2) is 5.84. The summed E-state index contributed by atoms with van der Waals surface area (Å²) in [6.45, 7) is 1.91. The van der Waals surface area contributed by atoms with Gasteiger partial charge in [-0.3, -0.25) is 0 Å². The maximum atomic E-state index is 12.9. The van der Waals surface area contributed by atoms with E-state index in [4.69, 9.17) is 5.26 Å². The van der Waals surface area contributed by atoms with Crippen molar-refractivity contribution in [2.24, 2.45) is 0 Å². The predicted molar refractivity (Wildman–Crippen MR) is 92.7 cm³/mol. The number of aromatic nitrogens is 1. The van der Waals surface area contributed by atoms with Gasteiger partial charge in [0.2, 0.25) is 0 Å². The number of hydrogen-bond donors (Lipinski definition) is 0. The van der Waals surface area contributed by atoms with Crippen molar-refractivity contribution in [3.8, 4) is 6.07 Å². The lowest BCUT2D eigenvalue weighted by molar-refractivity contribution is 0.589. The maximum absolute atomic E-state index is 12.9. The van der Waals surface area contributed by atoms with Crippen molar-refractivity contribution in [2.45, 2.75) is 18.2 Å². The largest absolute Gasteiger partial charge is 0.268 e. The van der Waals surface area contributed by atoms with E-state index in [0.29, 0.717) is 9.99 Å². The second-order valence-electron chi connectivity index (χ2n) is 5.23. The van der Waals surface area contributed by atoms with E-state index in [1.165, 1.54) is 10.2 Å². The average Bonchev–Trinajstić information content (AvgIpc) is 2.97. The van der Waals surface area contributed by atoms with Crippen LogP contribution in [0.1, 0.15) is 11.1 Å². The van der Waals surface area contributed by atoms with E-state index in [0.717, 1.165) is 16.5 Å². The smallest absolute Gasteiger partial charge is 0.240 e. The summed E-state index contributed by atoms with van der Waals surface area (Å²) >= 11 is 3.42. The first-order chi connectivity index (χ1) is 10.9. The summed E-state index contributed by atoms with van der Waals surface area (Å²) < 4.78 is 27.8. The summed E-state index contributed by atoms with van der Waals surface area (Å²) in [6, 6.07) is 14.2. The van der Waals surface area contributed by atoms with Crippen molar-refractivity contribution in [3.05, 3.63) is 64.3 Å². The van der Waals surface area contributed by atoms with E-state index in [-0.39, 0.29) is 11.3 Å². The topological polar surface area (TPSA) is 62.9 Å². The van der Waals surface area contributed by atoms with Crippen LogP contribution >= 0.6 is 15.9 Å². The molecule has 0 amide bonds. The normalized spacial score (nSPS) is 11.5. The molecule has 1 aromatic heterocycles. The Hall–Kier alpha value is -2.10. The number of nitriles is 1. The first-order valence-electron chi connectivity index (χ1n) is 6.93. The minimum Gasteiger partial charge on any atom is -0.240 e. The highest BCUT2D eigenvalue weighted by Crippen LogP contribution is 2.31.